The zero-order chi connectivity index (χ0) is 13.7. The second-order valence-electron chi connectivity index (χ2n) is 5.36. The van der Waals surface area contributed by atoms with Gasteiger partial charge in [-0.05, 0) is 30.4 Å². The molecule has 6 nitrogen and oxygen atoms in total. The number of carbonyl (C=O) groups is 2. The first-order valence-electron chi connectivity index (χ1n) is 6.81. The summed E-state index contributed by atoms with van der Waals surface area (Å²) in [5.41, 5.74) is 2.87. The Labute approximate surface area is 115 Å². The molecule has 0 unspecified atom stereocenters. The molecule has 1 saturated heterocycles. The fourth-order valence-electron chi connectivity index (χ4n) is 2.70. The van der Waals surface area contributed by atoms with Gasteiger partial charge < -0.3 is 4.98 Å². The van der Waals surface area contributed by atoms with Gasteiger partial charge in [0.05, 0.1) is 11.9 Å². The molecule has 1 saturated carbocycles. The number of aromatic nitrogens is 2. The molecular formula is C14H14N4O2. The number of nitrogens with one attached hydrogen (secondary N) is 2. The zero-order valence-electron chi connectivity index (χ0n) is 10.8. The molecule has 20 heavy (non-hydrogen) atoms. The molecule has 0 radical (unpaired) electrons. The van der Waals surface area contributed by atoms with E-state index < -0.39 is 0 Å². The first kappa shape index (κ1) is 11.5. The third-order valence-electron chi connectivity index (χ3n) is 3.93. The molecule has 0 aromatic carbocycles. The number of aromatic amines is 1. The minimum atomic E-state index is -0.370. The molecule has 2 fully saturated rings. The molecule has 0 spiro atoms. The van der Waals surface area contributed by atoms with Crippen molar-refractivity contribution in [1.82, 2.24) is 15.3 Å². The van der Waals surface area contributed by atoms with E-state index in [0.717, 1.165) is 16.7 Å². The van der Waals surface area contributed by atoms with E-state index in [-0.39, 0.29) is 11.9 Å². The van der Waals surface area contributed by atoms with Crippen LogP contribution >= 0.6 is 0 Å². The van der Waals surface area contributed by atoms with Gasteiger partial charge in [0.2, 0.25) is 5.91 Å². The van der Waals surface area contributed by atoms with E-state index >= 15 is 0 Å². The van der Waals surface area contributed by atoms with Gasteiger partial charge in [-0.3, -0.25) is 15.0 Å². The van der Waals surface area contributed by atoms with Crippen molar-refractivity contribution >= 4 is 28.7 Å². The van der Waals surface area contributed by atoms with Crippen molar-refractivity contribution in [2.24, 2.45) is 0 Å². The average molecular weight is 270 g/mol. The van der Waals surface area contributed by atoms with Gasteiger partial charge in [0.25, 0.3) is 0 Å². The minimum absolute atomic E-state index is 0.222. The Kier molecular flexibility index (Phi) is 2.33. The van der Waals surface area contributed by atoms with Crippen LogP contribution in [0.15, 0.2) is 18.5 Å². The summed E-state index contributed by atoms with van der Waals surface area (Å²) in [6.45, 7) is 0.404. The van der Waals surface area contributed by atoms with Crippen LogP contribution in [-0.4, -0.2) is 28.5 Å². The Morgan fingerprint density at radius 2 is 2.15 bits per heavy atom. The van der Waals surface area contributed by atoms with Crippen LogP contribution < -0.4 is 10.2 Å². The highest BCUT2D eigenvalue weighted by Crippen LogP contribution is 2.43. The van der Waals surface area contributed by atoms with E-state index in [9.17, 15) is 9.59 Å². The highest BCUT2D eigenvalue weighted by atomic mass is 16.2. The maximum absolute atomic E-state index is 11.9. The zero-order valence-corrected chi connectivity index (χ0v) is 10.8. The number of anilines is 1. The van der Waals surface area contributed by atoms with Crippen LogP contribution in [0.25, 0.3) is 11.0 Å². The topological polar surface area (TPSA) is 78.1 Å². The molecule has 4 rings (SSSR count). The molecule has 0 bridgehead atoms. The smallest absolute Gasteiger partial charge is 0.328 e. The summed E-state index contributed by atoms with van der Waals surface area (Å²) >= 11 is 0. The Balaban J connectivity index is 1.74. The molecule has 6 heteroatoms. The molecule has 3 amide bonds. The highest BCUT2D eigenvalue weighted by molar-refractivity contribution is 6.06. The van der Waals surface area contributed by atoms with Gasteiger partial charge in [-0.15, -0.1) is 0 Å². The molecule has 2 aromatic heterocycles. The number of nitrogens with zero attached hydrogens (tertiary/aromatic N) is 2. The first-order chi connectivity index (χ1) is 9.72. The van der Waals surface area contributed by atoms with Crippen molar-refractivity contribution in [2.75, 3.05) is 11.4 Å². The van der Waals surface area contributed by atoms with Crippen molar-refractivity contribution in [3.05, 3.63) is 24.0 Å². The first-order valence-corrected chi connectivity index (χ1v) is 6.81. The van der Waals surface area contributed by atoms with Gasteiger partial charge in [-0.1, -0.05) is 0 Å². The standard InChI is InChI=1S/C14H14N4O2/c19-12-3-4-18(14(20)17-12)9-5-10-11(8-1-2-8)7-16-13(10)15-6-9/h5-8H,1-4H2,(H,15,16)(H,17,19,20). The molecule has 102 valence electrons. The van der Waals surface area contributed by atoms with Gasteiger partial charge >= 0.3 is 6.03 Å². The number of urea groups is 1. The third kappa shape index (κ3) is 1.76. The predicted molar refractivity (Wildman–Crippen MR) is 73.6 cm³/mol. The highest BCUT2D eigenvalue weighted by Gasteiger charge is 2.28. The van der Waals surface area contributed by atoms with E-state index in [1.807, 2.05) is 12.3 Å². The van der Waals surface area contributed by atoms with Gasteiger partial charge in [-0.2, -0.15) is 0 Å². The molecule has 1 aliphatic heterocycles. The van der Waals surface area contributed by atoms with Gasteiger partial charge in [0.15, 0.2) is 0 Å². The Morgan fingerprint density at radius 1 is 1.30 bits per heavy atom. The SMILES string of the molecule is O=C1CCN(c2cnc3[nH]cc(C4CC4)c3c2)C(=O)N1. The van der Waals surface area contributed by atoms with Crippen LogP contribution in [0.1, 0.15) is 30.7 Å². The summed E-state index contributed by atoms with van der Waals surface area (Å²) in [5.74, 6) is 0.401. The summed E-state index contributed by atoms with van der Waals surface area (Å²) in [7, 11) is 0. The minimum Gasteiger partial charge on any atom is -0.346 e. The van der Waals surface area contributed by atoms with Crippen molar-refractivity contribution in [3.63, 3.8) is 0 Å². The van der Waals surface area contributed by atoms with Gasteiger partial charge in [0, 0.05) is 24.5 Å². The maximum atomic E-state index is 11.9. The molecular weight excluding hydrogens is 256 g/mol. The fourth-order valence-corrected chi connectivity index (χ4v) is 2.70. The van der Waals surface area contributed by atoms with E-state index in [1.165, 1.54) is 18.4 Å². The largest absolute Gasteiger partial charge is 0.346 e. The Bertz CT molecular complexity index is 717. The van der Waals surface area contributed by atoms with E-state index in [2.05, 4.69) is 15.3 Å². The molecule has 2 aliphatic rings. The second-order valence-corrected chi connectivity index (χ2v) is 5.36. The summed E-state index contributed by atoms with van der Waals surface area (Å²) in [6, 6.07) is 1.62. The van der Waals surface area contributed by atoms with Crippen molar-refractivity contribution < 1.29 is 9.59 Å². The van der Waals surface area contributed by atoms with E-state index in [4.69, 9.17) is 0 Å². The van der Waals surface area contributed by atoms with Crippen LogP contribution in [0.3, 0.4) is 0 Å². The monoisotopic (exact) mass is 270 g/mol. The van der Waals surface area contributed by atoms with Crippen LogP contribution in [-0.2, 0) is 4.79 Å². The maximum Gasteiger partial charge on any atom is 0.328 e. The number of rotatable bonds is 2. The molecule has 3 heterocycles. The van der Waals surface area contributed by atoms with Gasteiger partial charge in [0.1, 0.15) is 5.65 Å². The number of carbonyl (C=O) groups excluding carboxylic acids is 2. The molecule has 1 aliphatic carbocycles. The third-order valence-corrected chi connectivity index (χ3v) is 3.93. The van der Waals surface area contributed by atoms with Crippen molar-refractivity contribution in [2.45, 2.75) is 25.2 Å². The molecule has 2 aromatic rings. The summed E-state index contributed by atoms with van der Waals surface area (Å²) < 4.78 is 0. The van der Waals surface area contributed by atoms with Crippen LogP contribution in [0.4, 0.5) is 10.5 Å². The number of fused-ring (bicyclic) bond motifs is 1. The molecule has 0 atom stereocenters. The van der Waals surface area contributed by atoms with Crippen molar-refractivity contribution in [1.29, 1.82) is 0 Å². The van der Waals surface area contributed by atoms with Crippen LogP contribution in [0, 0.1) is 0 Å². The van der Waals surface area contributed by atoms with Crippen molar-refractivity contribution in [3.8, 4) is 0 Å². The second kappa shape index (κ2) is 4.06. The normalized spacial score (nSPS) is 19.5. The Morgan fingerprint density at radius 3 is 2.90 bits per heavy atom. The summed E-state index contributed by atoms with van der Waals surface area (Å²) in [5, 5.41) is 3.41. The average Bonchev–Trinajstić information content (AvgIpc) is 3.18. The Hall–Kier alpha value is -2.37. The lowest BCUT2D eigenvalue weighted by Gasteiger charge is -2.26. The summed E-state index contributed by atoms with van der Waals surface area (Å²) in [6.07, 6.45) is 6.45. The van der Waals surface area contributed by atoms with E-state index in [1.54, 1.807) is 11.1 Å². The lowest BCUT2D eigenvalue weighted by Crippen LogP contribution is -2.49. The van der Waals surface area contributed by atoms with Crippen LogP contribution in [0.5, 0.6) is 0 Å². The number of pyridine rings is 1. The number of H-pyrrole nitrogens is 1. The van der Waals surface area contributed by atoms with Crippen LogP contribution in [0.2, 0.25) is 0 Å². The number of hydrogen-bond acceptors (Lipinski definition) is 3. The summed E-state index contributed by atoms with van der Waals surface area (Å²) in [4.78, 5) is 32.2. The lowest BCUT2D eigenvalue weighted by atomic mass is 10.1. The molecule has 2 N–H and O–H groups in total. The fraction of sp³-hybridized carbons (Fsp3) is 0.357. The lowest BCUT2D eigenvalue weighted by molar-refractivity contribution is -0.120. The number of imide groups is 1. The number of hydrogen-bond donors (Lipinski definition) is 2. The van der Waals surface area contributed by atoms with Gasteiger partial charge in [-0.25, -0.2) is 9.78 Å². The predicted octanol–water partition coefficient (Wildman–Crippen LogP) is 1.89. The van der Waals surface area contributed by atoms with E-state index in [0.29, 0.717) is 18.9 Å². The number of amides is 3. The quantitative estimate of drug-likeness (QED) is 0.874.